The molecule has 0 fully saturated rings. The molecule has 14 heteroatoms. The maximum atomic E-state index is 11.3. The fourth-order valence-electron chi connectivity index (χ4n) is 4.36. The summed E-state index contributed by atoms with van der Waals surface area (Å²) in [6.45, 7) is 2.48. The van der Waals surface area contributed by atoms with E-state index >= 15 is 0 Å². The van der Waals surface area contributed by atoms with Crippen molar-refractivity contribution in [2.24, 2.45) is 0 Å². The monoisotopic (exact) mass is 618 g/mol. The third kappa shape index (κ3) is 7.80. The SMILES string of the molecule is CCC(/C=C1\Oc2ccc(Cl)cc2N1CCCS(=O)(=O)O)=C\C1Oc2ccc(Cl)cc2N1CCCS(=O)(=O)O. The molecule has 1 unspecified atom stereocenters. The second kappa shape index (κ2) is 11.9. The Hall–Kier alpha value is -2.48. The van der Waals surface area contributed by atoms with Gasteiger partial charge in [-0.3, -0.25) is 9.11 Å². The van der Waals surface area contributed by atoms with E-state index in [2.05, 4.69) is 0 Å². The van der Waals surface area contributed by atoms with Crippen LogP contribution in [0, 0.1) is 0 Å². The minimum atomic E-state index is -4.12. The van der Waals surface area contributed by atoms with Crippen LogP contribution in [0.1, 0.15) is 26.2 Å². The van der Waals surface area contributed by atoms with Gasteiger partial charge in [-0.1, -0.05) is 30.1 Å². The topological polar surface area (TPSA) is 134 Å². The Bertz CT molecular complexity index is 1510. The average Bonchev–Trinajstić information content (AvgIpc) is 3.34. The molecule has 39 heavy (non-hydrogen) atoms. The molecular formula is C25H28Cl2N2O8S2. The van der Waals surface area contributed by atoms with E-state index in [4.69, 9.17) is 41.8 Å². The van der Waals surface area contributed by atoms with E-state index in [-0.39, 0.29) is 25.9 Å². The molecule has 1 atom stereocenters. The lowest BCUT2D eigenvalue weighted by Gasteiger charge is -2.24. The Labute approximate surface area is 237 Å². The van der Waals surface area contributed by atoms with Crippen LogP contribution in [0.15, 0.2) is 60.0 Å². The number of nitrogens with zero attached hydrogens (tertiary/aromatic N) is 2. The summed E-state index contributed by atoms with van der Waals surface area (Å²) in [5, 5.41) is 0.983. The predicted molar refractivity (Wildman–Crippen MR) is 151 cm³/mol. The molecule has 212 valence electrons. The van der Waals surface area contributed by atoms with Crippen molar-refractivity contribution in [1.29, 1.82) is 0 Å². The Morgan fingerprint density at radius 3 is 2.13 bits per heavy atom. The third-order valence-electron chi connectivity index (χ3n) is 6.14. The molecule has 10 nitrogen and oxygen atoms in total. The average molecular weight is 620 g/mol. The largest absolute Gasteiger partial charge is 0.465 e. The highest BCUT2D eigenvalue weighted by molar-refractivity contribution is 7.86. The van der Waals surface area contributed by atoms with Gasteiger partial charge in [-0.05, 0) is 67.3 Å². The van der Waals surface area contributed by atoms with Crippen molar-refractivity contribution in [3.63, 3.8) is 0 Å². The summed E-state index contributed by atoms with van der Waals surface area (Å²) < 4.78 is 75.6. The molecule has 2 heterocycles. The number of rotatable bonds is 11. The van der Waals surface area contributed by atoms with Crippen molar-refractivity contribution >= 4 is 54.8 Å². The summed E-state index contributed by atoms with van der Waals surface area (Å²) >= 11 is 12.4. The lowest BCUT2D eigenvalue weighted by atomic mass is 10.1. The van der Waals surface area contributed by atoms with E-state index in [1.54, 1.807) is 41.3 Å². The number of ether oxygens (including phenoxy) is 2. The van der Waals surface area contributed by atoms with Gasteiger partial charge in [-0.15, -0.1) is 0 Å². The van der Waals surface area contributed by atoms with Crippen LogP contribution < -0.4 is 19.3 Å². The first kappa shape index (κ1) is 29.5. The molecule has 4 rings (SSSR count). The normalized spacial score (nSPS) is 18.2. The van der Waals surface area contributed by atoms with Gasteiger partial charge in [0.25, 0.3) is 20.2 Å². The van der Waals surface area contributed by atoms with Crippen molar-refractivity contribution in [3.05, 3.63) is 70.1 Å². The molecule has 0 aromatic heterocycles. The summed E-state index contributed by atoms with van der Waals surface area (Å²) in [6, 6.07) is 10.3. The van der Waals surface area contributed by atoms with E-state index in [0.717, 1.165) is 5.57 Å². The van der Waals surface area contributed by atoms with Gasteiger partial charge >= 0.3 is 0 Å². The minimum Gasteiger partial charge on any atom is -0.465 e. The lowest BCUT2D eigenvalue weighted by molar-refractivity contribution is 0.272. The van der Waals surface area contributed by atoms with Crippen LogP contribution in [0.25, 0.3) is 0 Å². The molecule has 0 saturated heterocycles. The summed E-state index contributed by atoms with van der Waals surface area (Å²) in [7, 11) is -8.24. The summed E-state index contributed by atoms with van der Waals surface area (Å²) in [5.74, 6) is 0.791. The molecule has 2 aliphatic heterocycles. The zero-order valence-corrected chi connectivity index (χ0v) is 24.1. The van der Waals surface area contributed by atoms with Gasteiger partial charge in [0, 0.05) is 29.2 Å². The first-order valence-corrected chi connectivity index (χ1v) is 16.1. The van der Waals surface area contributed by atoms with Gasteiger partial charge in [0.05, 0.1) is 22.9 Å². The second-order valence-corrected chi connectivity index (χ2v) is 13.1. The van der Waals surface area contributed by atoms with Crippen LogP contribution in [-0.4, -0.2) is 56.8 Å². The van der Waals surface area contributed by atoms with Crippen LogP contribution in [0.2, 0.25) is 10.0 Å². The van der Waals surface area contributed by atoms with Crippen molar-refractivity contribution in [2.75, 3.05) is 34.4 Å². The van der Waals surface area contributed by atoms with Crippen molar-refractivity contribution in [2.45, 2.75) is 32.4 Å². The number of hydrogen-bond donors (Lipinski definition) is 2. The lowest BCUT2D eigenvalue weighted by Crippen LogP contribution is -2.35. The van der Waals surface area contributed by atoms with Crippen LogP contribution in [0.4, 0.5) is 11.4 Å². The van der Waals surface area contributed by atoms with Gasteiger partial charge in [-0.25, -0.2) is 0 Å². The number of benzene rings is 2. The standard InChI is InChI=1S/C25H28Cl2N2O8S2/c1-2-17(13-24-28(9-3-11-38(30,31)32)20-15-18(26)5-7-22(20)36-24)14-25-29(10-4-12-39(33,34)35)21-16-19(27)6-8-23(21)37-25/h5-8,13-16,24H,2-4,9-12H2,1H3,(H,30,31,32)(H,33,34,35)/b17-13+,25-14-. The molecule has 0 saturated carbocycles. The van der Waals surface area contributed by atoms with Gasteiger partial charge < -0.3 is 19.3 Å². The molecule has 2 N–H and O–H groups in total. The molecule has 0 radical (unpaired) electrons. The molecule has 0 aliphatic carbocycles. The third-order valence-corrected chi connectivity index (χ3v) is 8.22. The highest BCUT2D eigenvalue weighted by atomic mass is 35.5. The van der Waals surface area contributed by atoms with Crippen LogP contribution in [-0.2, 0) is 20.2 Å². The quantitative estimate of drug-likeness (QED) is 0.325. The maximum absolute atomic E-state index is 11.3. The number of hydrogen-bond acceptors (Lipinski definition) is 8. The summed E-state index contributed by atoms with van der Waals surface area (Å²) in [4.78, 5) is 3.66. The number of anilines is 2. The van der Waals surface area contributed by atoms with Crippen molar-refractivity contribution in [3.8, 4) is 11.5 Å². The maximum Gasteiger partial charge on any atom is 0.264 e. The second-order valence-electron chi connectivity index (χ2n) is 9.04. The smallest absolute Gasteiger partial charge is 0.264 e. The number of fused-ring (bicyclic) bond motifs is 2. The first-order chi connectivity index (χ1) is 18.3. The molecular weight excluding hydrogens is 591 g/mol. The van der Waals surface area contributed by atoms with E-state index in [9.17, 15) is 16.8 Å². The Morgan fingerprint density at radius 1 is 0.923 bits per heavy atom. The highest BCUT2D eigenvalue weighted by Gasteiger charge is 2.31. The molecule has 0 bridgehead atoms. The minimum absolute atomic E-state index is 0.153. The van der Waals surface area contributed by atoms with E-state index < -0.39 is 38.0 Å². The molecule has 0 amide bonds. The number of halogens is 2. The molecule has 0 spiro atoms. The van der Waals surface area contributed by atoms with Gasteiger partial charge in [-0.2, -0.15) is 16.8 Å². The van der Waals surface area contributed by atoms with Crippen LogP contribution in [0.5, 0.6) is 11.5 Å². The summed E-state index contributed by atoms with van der Waals surface area (Å²) in [6.07, 6.45) is 4.01. The van der Waals surface area contributed by atoms with Crippen molar-refractivity contribution in [1.82, 2.24) is 0 Å². The van der Waals surface area contributed by atoms with Crippen LogP contribution in [0.3, 0.4) is 0 Å². The Balaban J connectivity index is 1.62. The Kier molecular flexibility index (Phi) is 9.04. The fraction of sp³-hybridized carbons (Fsp3) is 0.360. The van der Waals surface area contributed by atoms with E-state index in [1.807, 2.05) is 24.0 Å². The van der Waals surface area contributed by atoms with Gasteiger partial charge in [0.2, 0.25) is 5.88 Å². The molecule has 2 aliphatic rings. The van der Waals surface area contributed by atoms with Crippen molar-refractivity contribution < 1.29 is 35.4 Å². The first-order valence-electron chi connectivity index (χ1n) is 12.1. The molecule has 2 aromatic carbocycles. The number of allylic oxidation sites excluding steroid dienone is 2. The molecule has 2 aromatic rings. The van der Waals surface area contributed by atoms with E-state index in [1.165, 1.54) is 0 Å². The predicted octanol–water partition coefficient (Wildman–Crippen LogP) is 5.15. The highest BCUT2D eigenvalue weighted by Crippen LogP contribution is 2.42. The Morgan fingerprint density at radius 2 is 1.51 bits per heavy atom. The van der Waals surface area contributed by atoms with Gasteiger partial charge in [0.15, 0.2) is 12.0 Å². The van der Waals surface area contributed by atoms with Crippen LogP contribution >= 0.6 is 23.2 Å². The van der Waals surface area contributed by atoms with Gasteiger partial charge in [0.1, 0.15) is 5.75 Å². The zero-order valence-electron chi connectivity index (χ0n) is 21.0. The fourth-order valence-corrected chi connectivity index (χ4v) is 5.68. The summed E-state index contributed by atoms with van der Waals surface area (Å²) in [5.41, 5.74) is 2.20. The van der Waals surface area contributed by atoms with E-state index in [0.29, 0.717) is 45.2 Å². The zero-order chi connectivity index (χ0) is 28.4.